The van der Waals surface area contributed by atoms with Crippen molar-refractivity contribution in [2.75, 3.05) is 6.61 Å². The van der Waals surface area contributed by atoms with E-state index in [0.29, 0.717) is 23.7 Å². The second-order valence-electron chi connectivity index (χ2n) is 5.50. The molecule has 1 aliphatic rings. The third-order valence-electron chi connectivity index (χ3n) is 3.79. The number of rotatable bonds is 5. The number of benzene rings is 1. The predicted octanol–water partition coefficient (Wildman–Crippen LogP) is 1.89. The van der Waals surface area contributed by atoms with Gasteiger partial charge < -0.3 is 19.2 Å². The molecule has 0 fully saturated rings. The van der Waals surface area contributed by atoms with Gasteiger partial charge >= 0.3 is 13.1 Å². The maximum atomic E-state index is 11.7. The fraction of sp³-hybridized carbons (Fsp3) is 0.294. The summed E-state index contributed by atoms with van der Waals surface area (Å²) < 4.78 is 16.2. The van der Waals surface area contributed by atoms with Gasteiger partial charge in [-0.1, -0.05) is 6.07 Å². The molecule has 0 bridgehead atoms. The number of nitrogens with zero attached hydrogens (tertiary/aromatic N) is 1. The van der Waals surface area contributed by atoms with Crippen molar-refractivity contribution >= 4 is 18.6 Å². The Balaban J connectivity index is 1.85. The third-order valence-corrected chi connectivity index (χ3v) is 3.79. The molecule has 2 heterocycles. The monoisotopic (exact) mass is 327 g/mol. The highest BCUT2D eigenvalue weighted by Crippen LogP contribution is 2.33. The number of aryl methyl sites for hydroxylation is 1. The first-order chi connectivity index (χ1) is 11.6. The Bertz CT molecular complexity index is 737. The van der Waals surface area contributed by atoms with Gasteiger partial charge in [-0.15, -0.1) is 0 Å². The zero-order valence-electron chi connectivity index (χ0n) is 13.6. The summed E-state index contributed by atoms with van der Waals surface area (Å²) in [5, 5.41) is 10.2. The summed E-state index contributed by atoms with van der Waals surface area (Å²) in [4.78, 5) is 15.8. The van der Waals surface area contributed by atoms with Gasteiger partial charge in [0.05, 0.1) is 19.1 Å². The molecule has 0 saturated carbocycles. The lowest BCUT2D eigenvalue weighted by molar-refractivity contribution is -0.145. The molecule has 24 heavy (non-hydrogen) atoms. The number of carbonyl (C=O) groups excluding carboxylic acids is 1. The van der Waals surface area contributed by atoms with Crippen LogP contribution in [0.1, 0.15) is 30.6 Å². The zero-order chi connectivity index (χ0) is 17.1. The van der Waals surface area contributed by atoms with Crippen LogP contribution in [-0.2, 0) is 14.2 Å². The van der Waals surface area contributed by atoms with Crippen molar-refractivity contribution in [1.29, 1.82) is 0 Å². The molecule has 1 atom stereocenters. The Morgan fingerprint density at radius 2 is 2.25 bits per heavy atom. The van der Waals surface area contributed by atoms with Crippen molar-refractivity contribution in [3.05, 3.63) is 47.7 Å². The standard InChI is InChI=1S/C17H18BNO5/c1-3-22-16(20)10-14-17-11(2)8-12(9-13(17)18(21)24-14)23-15-6-4-5-7-19-15/h4-9,14,21H,3,10H2,1-2H3. The smallest absolute Gasteiger partial charge is 0.466 e. The first kappa shape index (κ1) is 16.5. The molecule has 0 radical (unpaired) electrons. The fourth-order valence-corrected chi connectivity index (χ4v) is 2.84. The molecule has 1 N–H and O–H groups in total. The Morgan fingerprint density at radius 1 is 1.42 bits per heavy atom. The molecule has 124 valence electrons. The predicted molar refractivity (Wildman–Crippen MR) is 88.2 cm³/mol. The van der Waals surface area contributed by atoms with Crippen molar-refractivity contribution in [2.45, 2.75) is 26.4 Å². The van der Waals surface area contributed by atoms with E-state index in [9.17, 15) is 9.82 Å². The molecule has 1 unspecified atom stereocenters. The summed E-state index contributed by atoms with van der Waals surface area (Å²) in [6.07, 6.45) is 1.19. The summed E-state index contributed by atoms with van der Waals surface area (Å²) in [5.74, 6) is 0.675. The molecule has 6 nitrogen and oxygen atoms in total. The van der Waals surface area contributed by atoms with Crippen LogP contribution in [0, 0.1) is 6.92 Å². The molecule has 7 heteroatoms. The molecule has 1 aromatic heterocycles. The number of ether oxygens (including phenoxy) is 2. The molecule has 0 saturated heterocycles. The lowest BCUT2D eigenvalue weighted by Crippen LogP contribution is -2.28. The summed E-state index contributed by atoms with van der Waals surface area (Å²) in [6, 6.07) is 8.94. The van der Waals surface area contributed by atoms with Crippen LogP contribution in [0.15, 0.2) is 36.5 Å². The molecular weight excluding hydrogens is 309 g/mol. The van der Waals surface area contributed by atoms with E-state index < -0.39 is 13.2 Å². The zero-order valence-corrected chi connectivity index (χ0v) is 13.6. The highest BCUT2D eigenvalue weighted by atomic mass is 16.5. The van der Waals surface area contributed by atoms with Crippen LogP contribution < -0.4 is 10.2 Å². The molecule has 0 spiro atoms. The number of fused-ring (bicyclic) bond motifs is 1. The summed E-state index contributed by atoms with van der Waals surface area (Å²) in [5.41, 5.74) is 2.29. The fourth-order valence-electron chi connectivity index (χ4n) is 2.84. The topological polar surface area (TPSA) is 77.9 Å². The third kappa shape index (κ3) is 3.42. The molecular formula is C17H18BNO5. The Morgan fingerprint density at radius 3 is 2.96 bits per heavy atom. The number of hydrogen-bond donors (Lipinski definition) is 1. The number of hydrogen-bond acceptors (Lipinski definition) is 6. The second-order valence-corrected chi connectivity index (χ2v) is 5.50. The highest BCUT2D eigenvalue weighted by molar-refractivity contribution is 6.62. The first-order valence-electron chi connectivity index (χ1n) is 7.81. The van der Waals surface area contributed by atoms with E-state index in [2.05, 4.69) is 4.98 Å². The molecule has 0 amide bonds. The van der Waals surface area contributed by atoms with Gasteiger partial charge in [-0.3, -0.25) is 4.79 Å². The lowest BCUT2D eigenvalue weighted by atomic mass is 9.77. The van der Waals surface area contributed by atoms with Crippen LogP contribution in [0.3, 0.4) is 0 Å². The van der Waals surface area contributed by atoms with E-state index in [4.69, 9.17) is 14.1 Å². The molecule has 1 aliphatic heterocycles. The van der Waals surface area contributed by atoms with Crippen molar-refractivity contribution in [3.8, 4) is 11.6 Å². The number of carbonyl (C=O) groups is 1. The van der Waals surface area contributed by atoms with E-state index >= 15 is 0 Å². The van der Waals surface area contributed by atoms with Gasteiger partial charge in [-0.05, 0) is 48.6 Å². The molecule has 1 aromatic carbocycles. The van der Waals surface area contributed by atoms with Gasteiger partial charge in [-0.2, -0.15) is 0 Å². The van der Waals surface area contributed by atoms with Crippen LogP contribution in [0.2, 0.25) is 0 Å². The quantitative estimate of drug-likeness (QED) is 0.667. The van der Waals surface area contributed by atoms with Crippen LogP contribution in [0.25, 0.3) is 0 Å². The molecule has 2 aromatic rings. The van der Waals surface area contributed by atoms with Crippen LogP contribution in [-0.4, -0.2) is 29.7 Å². The normalized spacial score (nSPS) is 16.0. The van der Waals surface area contributed by atoms with Crippen molar-refractivity contribution < 1.29 is 23.9 Å². The van der Waals surface area contributed by atoms with E-state index in [1.807, 2.05) is 19.1 Å². The average molecular weight is 327 g/mol. The van der Waals surface area contributed by atoms with Gasteiger partial charge in [-0.25, -0.2) is 4.98 Å². The molecule has 3 rings (SSSR count). The van der Waals surface area contributed by atoms with Crippen LogP contribution in [0.4, 0.5) is 0 Å². The van der Waals surface area contributed by atoms with Crippen molar-refractivity contribution in [2.24, 2.45) is 0 Å². The average Bonchev–Trinajstić information content (AvgIpc) is 2.85. The van der Waals surface area contributed by atoms with E-state index in [0.717, 1.165) is 11.1 Å². The minimum atomic E-state index is -1.09. The van der Waals surface area contributed by atoms with Gasteiger partial charge in [0, 0.05) is 12.3 Å². The summed E-state index contributed by atoms with van der Waals surface area (Å²) in [6.45, 7) is 3.96. The lowest BCUT2D eigenvalue weighted by Gasteiger charge is -2.14. The van der Waals surface area contributed by atoms with E-state index in [1.165, 1.54) is 0 Å². The second kappa shape index (κ2) is 7.03. The SMILES string of the molecule is CCOC(=O)CC1OB(O)c2cc(Oc3ccccn3)cc(C)c21. The van der Waals surface area contributed by atoms with Crippen molar-refractivity contribution in [1.82, 2.24) is 4.98 Å². The van der Waals surface area contributed by atoms with Crippen LogP contribution >= 0.6 is 0 Å². The Labute approximate surface area is 140 Å². The minimum absolute atomic E-state index is 0.0686. The van der Waals surface area contributed by atoms with E-state index in [-0.39, 0.29) is 12.4 Å². The largest absolute Gasteiger partial charge is 0.492 e. The van der Waals surface area contributed by atoms with Gasteiger partial charge in [0.25, 0.3) is 0 Å². The summed E-state index contributed by atoms with van der Waals surface area (Å²) >= 11 is 0. The molecule has 0 aliphatic carbocycles. The minimum Gasteiger partial charge on any atom is -0.466 e. The van der Waals surface area contributed by atoms with Gasteiger partial charge in [0.15, 0.2) is 0 Å². The highest BCUT2D eigenvalue weighted by Gasteiger charge is 2.38. The number of esters is 1. The maximum Gasteiger partial charge on any atom is 0.492 e. The number of pyridine rings is 1. The Hall–Kier alpha value is -2.38. The number of aromatic nitrogens is 1. The Kier molecular flexibility index (Phi) is 4.82. The van der Waals surface area contributed by atoms with Gasteiger partial charge in [0.2, 0.25) is 5.88 Å². The summed E-state index contributed by atoms with van der Waals surface area (Å²) in [7, 11) is -1.09. The van der Waals surface area contributed by atoms with E-state index in [1.54, 1.807) is 31.3 Å². The first-order valence-corrected chi connectivity index (χ1v) is 7.81. The maximum absolute atomic E-state index is 11.7. The van der Waals surface area contributed by atoms with Crippen molar-refractivity contribution in [3.63, 3.8) is 0 Å². The van der Waals surface area contributed by atoms with Crippen LogP contribution in [0.5, 0.6) is 11.6 Å². The van der Waals surface area contributed by atoms with Gasteiger partial charge in [0.1, 0.15) is 5.75 Å².